The van der Waals surface area contributed by atoms with E-state index in [2.05, 4.69) is 15.6 Å². The third-order valence-corrected chi connectivity index (χ3v) is 4.29. The molecule has 0 saturated carbocycles. The van der Waals surface area contributed by atoms with Crippen molar-refractivity contribution in [3.05, 3.63) is 69.7 Å². The van der Waals surface area contributed by atoms with Crippen molar-refractivity contribution in [2.75, 3.05) is 14.2 Å². The van der Waals surface area contributed by atoms with Gasteiger partial charge in [0.15, 0.2) is 5.71 Å². The molecule has 2 rings (SSSR count). The first-order valence-corrected chi connectivity index (χ1v) is 8.71. The summed E-state index contributed by atoms with van der Waals surface area (Å²) in [5, 5.41) is 11.2. The van der Waals surface area contributed by atoms with Gasteiger partial charge in [0.05, 0.1) is 5.71 Å². The Hall–Kier alpha value is -2.86. The third kappa shape index (κ3) is 5.08. The molecule has 0 aromatic heterocycles. The number of oxime groups is 2. The van der Waals surface area contributed by atoms with Gasteiger partial charge in [-0.05, 0) is 25.5 Å². The summed E-state index contributed by atoms with van der Waals surface area (Å²) in [6.07, 6.45) is 0. The zero-order chi connectivity index (χ0) is 19.8. The number of carbonyl (C=O) groups excluding carboxylic acids is 1. The zero-order valence-electron chi connectivity index (χ0n) is 15.7. The topological polar surface area (TPSA) is 72.3 Å². The summed E-state index contributed by atoms with van der Waals surface area (Å²) in [6.45, 7) is 3.92. The first kappa shape index (κ1) is 20.5. The molecule has 0 saturated heterocycles. The number of likely N-dealkylation sites (N-methyl/N-ethyl adjacent to an activating group) is 1. The summed E-state index contributed by atoms with van der Waals surface area (Å²) >= 11 is 6.18. The molecule has 142 valence electrons. The van der Waals surface area contributed by atoms with Crippen molar-refractivity contribution in [1.29, 1.82) is 0 Å². The smallest absolute Gasteiger partial charge is 0.273 e. The number of carbonyl (C=O) groups is 1. The Balaban J connectivity index is 2.29. The molecule has 0 unspecified atom stereocenters. The Kier molecular flexibility index (Phi) is 7.37. The fourth-order valence-corrected chi connectivity index (χ4v) is 2.81. The maximum Gasteiger partial charge on any atom is 0.273 e. The molecule has 7 heteroatoms. The van der Waals surface area contributed by atoms with Gasteiger partial charge in [0.25, 0.3) is 5.91 Å². The van der Waals surface area contributed by atoms with Crippen molar-refractivity contribution in [2.45, 2.75) is 20.5 Å². The highest BCUT2D eigenvalue weighted by molar-refractivity contribution is 6.45. The average Bonchev–Trinajstić information content (AvgIpc) is 2.67. The van der Waals surface area contributed by atoms with Crippen LogP contribution < -0.4 is 5.32 Å². The number of nitrogens with one attached hydrogen (secondary N) is 1. The minimum Gasteiger partial charge on any atom is -0.398 e. The lowest BCUT2D eigenvalue weighted by Crippen LogP contribution is -2.29. The van der Waals surface area contributed by atoms with E-state index in [1.165, 1.54) is 14.2 Å². The van der Waals surface area contributed by atoms with Crippen LogP contribution in [0.25, 0.3) is 0 Å². The number of hydrogen-bond acceptors (Lipinski definition) is 5. The highest BCUT2D eigenvalue weighted by Gasteiger charge is 2.19. The highest BCUT2D eigenvalue weighted by Crippen LogP contribution is 2.19. The summed E-state index contributed by atoms with van der Waals surface area (Å²) in [6, 6.07) is 13.0. The number of nitrogens with zero attached hydrogens (tertiary/aromatic N) is 2. The largest absolute Gasteiger partial charge is 0.398 e. The molecule has 0 atom stereocenters. The molecule has 0 aliphatic rings. The van der Waals surface area contributed by atoms with Gasteiger partial charge in [0, 0.05) is 28.8 Å². The molecule has 0 heterocycles. The van der Waals surface area contributed by atoms with Crippen LogP contribution in [0.1, 0.15) is 29.2 Å². The molecule has 2 aromatic carbocycles. The molecule has 0 aliphatic carbocycles. The molecular formula is C20H22ClN3O3. The van der Waals surface area contributed by atoms with Gasteiger partial charge in [0.2, 0.25) is 0 Å². The van der Waals surface area contributed by atoms with Crippen molar-refractivity contribution in [3.8, 4) is 0 Å². The predicted octanol–water partition coefficient (Wildman–Crippen LogP) is 3.69. The first-order valence-electron chi connectivity index (χ1n) is 8.33. The van der Waals surface area contributed by atoms with E-state index in [1.54, 1.807) is 12.1 Å². The standard InChI is InChI=1S/C20H22ClN3O3/c1-13-8-7-10-16(19(24-26-4)20(25)22-3)17(13)12-27-23-14(2)15-9-5-6-11-18(15)21/h5-11H,12H2,1-4H3,(H,22,25)/b23-14+,24-19+. The Morgan fingerprint density at radius 3 is 2.48 bits per heavy atom. The van der Waals surface area contributed by atoms with Crippen LogP contribution in [0.3, 0.4) is 0 Å². The normalized spacial score (nSPS) is 11.9. The van der Waals surface area contributed by atoms with Gasteiger partial charge in [0.1, 0.15) is 13.7 Å². The van der Waals surface area contributed by atoms with E-state index < -0.39 is 0 Å². The van der Waals surface area contributed by atoms with E-state index >= 15 is 0 Å². The van der Waals surface area contributed by atoms with Crippen LogP contribution in [0.15, 0.2) is 52.8 Å². The van der Waals surface area contributed by atoms with Crippen molar-refractivity contribution in [2.24, 2.45) is 10.3 Å². The quantitative estimate of drug-likeness (QED) is 0.581. The summed E-state index contributed by atoms with van der Waals surface area (Å²) in [7, 11) is 2.93. The summed E-state index contributed by atoms with van der Waals surface area (Å²) in [4.78, 5) is 22.6. The Labute approximate surface area is 163 Å². The van der Waals surface area contributed by atoms with Gasteiger partial charge in [-0.2, -0.15) is 0 Å². The number of amides is 1. The zero-order valence-corrected chi connectivity index (χ0v) is 16.5. The molecule has 1 N–H and O–H groups in total. The van der Waals surface area contributed by atoms with Crippen LogP contribution in [0.5, 0.6) is 0 Å². The second-order valence-corrected chi connectivity index (χ2v) is 6.14. The van der Waals surface area contributed by atoms with Gasteiger partial charge in [-0.1, -0.05) is 58.3 Å². The van der Waals surface area contributed by atoms with E-state index in [0.717, 1.165) is 16.7 Å². The Morgan fingerprint density at radius 2 is 1.81 bits per heavy atom. The van der Waals surface area contributed by atoms with Gasteiger partial charge in [-0.15, -0.1) is 0 Å². The maximum atomic E-state index is 12.2. The fraction of sp³-hybridized carbons (Fsp3) is 0.250. The molecule has 0 fully saturated rings. The van der Waals surface area contributed by atoms with Gasteiger partial charge >= 0.3 is 0 Å². The number of hydrogen-bond donors (Lipinski definition) is 1. The van der Waals surface area contributed by atoms with E-state index in [4.69, 9.17) is 21.3 Å². The lowest BCUT2D eigenvalue weighted by atomic mass is 9.98. The summed E-state index contributed by atoms with van der Waals surface area (Å²) in [5.41, 5.74) is 4.01. The van der Waals surface area contributed by atoms with Crippen LogP contribution in [0.2, 0.25) is 5.02 Å². The van der Waals surface area contributed by atoms with E-state index in [9.17, 15) is 4.79 Å². The maximum absolute atomic E-state index is 12.2. The number of aryl methyl sites for hydroxylation is 1. The molecule has 2 aromatic rings. The predicted molar refractivity (Wildman–Crippen MR) is 107 cm³/mol. The monoisotopic (exact) mass is 387 g/mol. The van der Waals surface area contributed by atoms with Gasteiger partial charge in [-0.3, -0.25) is 4.79 Å². The minimum absolute atomic E-state index is 0.170. The van der Waals surface area contributed by atoms with Crippen LogP contribution in [-0.2, 0) is 21.1 Å². The molecule has 27 heavy (non-hydrogen) atoms. The summed E-state index contributed by atoms with van der Waals surface area (Å²) < 4.78 is 0. The second-order valence-electron chi connectivity index (χ2n) is 5.73. The van der Waals surface area contributed by atoms with Crippen molar-refractivity contribution < 1.29 is 14.5 Å². The van der Waals surface area contributed by atoms with Crippen LogP contribution in [0, 0.1) is 6.92 Å². The fourth-order valence-electron chi connectivity index (χ4n) is 2.54. The molecule has 0 radical (unpaired) electrons. The summed E-state index contributed by atoms with van der Waals surface area (Å²) in [5.74, 6) is -0.348. The second kappa shape index (κ2) is 9.73. The van der Waals surface area contributed by atoms with E-state index in [1.807, 2.05) is 44.2 Å². The number of halogens is 1. The average molecular weight is 388 g/mol. The van der Waals surface area contributed by atoms with Crippen molar-refractivity contribution >= 4 is 28.9 Å². The first-order chi connectivity index (χ1) is 13.0. The lowest BCUT2D eigenvalue weighted by Gasteiger charge is -2.13. The molecule has 6 nitrogen and oxygen atoms in total. The molecule has 0 aliphatic heterocycles. The van der Waals surface area contributed by atoms with Gasteiger partial charge in [-0.25, -0.2) is 0 Å². The Bertz CT molecular complexity index is 879. The SMILES string of the molecule is CNC(=O)/C(=N/OC)c1cccc(C)c1CO/N=C(\C)c1ccccc1Cl. The Morgan fingerprint density at radius 1 is 1.11 bits per heavy atom. The van der Waals surface area contributed by atoms with Gasteiger partial charge < -0.3 is 15.0 Å². The molecule has 1 amide bonds. The van der Waals surface area contributed by atoms with E-state index in [0.29, 0.717) is 16.3 Å². The van der Waals surface area contributed by atoms with Crippen LogP contribution in [0.4, 0.5) is 0 Å². The third-order valence-electron chi connectivity index (χ3n) is 3.96. The molecular weight excluding hydrogens is 366 g/mol. The molecule has 0 bridgehead atoms. The highest BCUT2D eigenvalue weighted by atomic mass is 35.5. The number of benzene rings is 2. The number of rotatable bonds is 7. The lowest BCUT2D eigenvalue weighted by molar-refractivity contribution is -0.114. The van der Waals surface area contributed by atoms with Crippen molar-refractivity contribution in [3.63, 3.8) is 0 Å². The molecule has 0 spiro atoms. The van der Waals surface area contributed by atoms with Crippen LogP contribution >= 0.6 is 11.6 Å². The van der Waals surface area contributed by atoms with E-state index in [-0.39, 0.29) is 18.2 Å². The minimum atomic E-state index is -0.348. The van der Waals surface area contributed by atoms with Crippen molar-refractivity contribution in [1.82, 2.24) is 5.32 Å². The van der Waals surface area contributed by atoms with Crippen LogP contribution in [-0.4, -0.2) is 31.5 Å².